The Kier molecular flexibility index (Phi) is 5.53. The molecule has 0 bridgehead atoms. The number of rotatable bonds is 1. The Labute approximate surface area is 112 Å². The van der Waals surface area contributed by atoms with Gasteiger partial charge in [-0.25, -0.2) is 0 Å². The SMILES string of the molecule is CC(C)c1ccccc1O.Oc1ccccc1Cl. The fraction of sp³-hybridized carbons (Fsp3) is 0.200. The molecule has 0 aromatic heterocycles. The van der Waals surface area contributed by atoms with Gasteiger partial charge in [-0.05, 0) is 29.7 Å². The van der Waals surface area contributed by atoms with Crippen molar-refractivity contribution in [2.45, 2.75) is 19.8 Å². The van der Waals surface area contributed by atoms with Crippen LogP contribution in [0.15, 0.2) is 48.5 Å². The summed E-state index contributed by atoms with van der Waals surface area (Å²) in [5.74, 6) is 0.938. The molecule has 0 unspecified atom stereocenters. The first kappa shape index (κ1) is 14.4. The first-order valence-corrected chi connectivity index (χ1v) is 6.11. The van der Waals surface area contributed by atoms with Crippen LogP contribution in [0.1, 0.15) is 25.3 Å². The average Bonchev–Trinajstić information content (AvgIpc) is 2.34. The molecule has 2 aromatic carbocycles. The summed E-state index contributed by atoms with van der Waals surface area (Å²) in [6, 6.07) is 14.1. The summed E-state index contributed by atoms with van der Waals surface area (Å²) >= 11 is 5.46. The van der Waals surface area contributed by atoms with E-state index in [4.69, 9.17) is 16.7 Å². The largest absolute Gasteiger partial charge is 0.508 e. The van der Waals surface area contributed by atoms with E-state index >= 15 is 0 Å². The highest BCUT2D eigenvalue weighted by atomic mass is 35.5. The monoisotopic (exact) mass is 264 g/mol. The maximum Gasteiger partial charge on any atom is 0.134 e. The molecule has 2 aromatic rings. The minimum atomic E-state index is 0.133. The molecule has 0 fully saturated rings. The van der Waals surface area contributed by atoms with Gasteiger partial charge < -0.3 is 10.2 Å². The zero-order chi connectivity index (χ0) is 13.5. The molecule has 0 radical (unpaired) electrons. The summed E-state index contributed by atoms with van der Waals surface area (Å²) in [5.41, 5.74) is 1.02. The topological polar surface area (TPSA) is 40.5 Å². The summed E-state index contributed by atoms with van der Waals surface area (Å²) in [7, 11) is 0. The van der Waals surface area contributed by atoms with Gasteiger partial charge in [0.1, 0.15) is 11.5 Å². The number of halogens is 1. The van der Waals surface area contributed by atoms with Gasteiger partial charge in [-0.2, -0.15) is 0 Å². The van der Waals surface area contributed by atoms with E-state index in [9.17, 15) is 5.11 Å². The number of hydrogen-bond donors (Lipinski definition) is 2. The fourth-order valence-corrected chi connectivity index (χ4v) is 1.56. The van der Waals surface area contributed by atoms with Gasteiger partial charge in [0.2, 0.25) is 0 Å². The van der Waals surface area contributed by atoms with Crippen molar-refractivity contribution in [3.63, 3.8) is 0 Å². The zero-order valence-corrected chi connectivity index (χ0v) is 11.2. The number of aromatic hydroxyl groups is 2. The van der Waals surface area contributed by atoms with Crippen molar-refractivity contribution >= 4 is 11.6 Å². The zero-order valence-electron chi connectivity index (χ0n) is 10.5. The highest BCUT2D eigenvalue weighted by molar-refractivity contribution is 6.31. The van der Waals surface area contributed by atoms with Crippen LogP contribution in [-0.2, 0) is 0 Å². The van der Waals surface area contributed by atoms with E-state index in [-0.39, 0.29) is 5.75 Å². The van der Waals surface area contributed by atoms with Gasteiger partial charge in [-0.3, -0.25) is 0 Å². The van der Waals surface area contributed by atoms with Crippen LogP contribution >= 0.6 is 11.6 Å². The summed E-state index contributed by atoms with van der Waals surface area (Å²) in [6.45, 7) is 4.13. The third-order valence-electron chi connectivity index (χ3n) is 2.41. The molecule has 2 rings (SSSR count). The van der Waals surface area contributed by atoms with Gasteiger partial charge >= 0.3 is 0 Å². The van der Waals surface area contributed by atoms with E-state index in [0.717, 1.165) is 5.56 Å². The Balaban J connectivity index is 0.000000184. The molecule has 0 saturated carbocycles. The summed E-state index contributed by atoms with van der Waals surface area (Å²) in [5, 5.41) is 18.5. The fourth-order valence-electron chi connectivity index (χ4n) is 1.43. The Morgan fingerprint density at radius 2 is 1.33 bits per heavy atom. The first-order valence-electron chi connectivity index (χ1n) is 5.73. The maximum absolute atomic E-state index is 9.28. The van der Waals surface area contributed by atoms with Crippen molar-refractivity contribution in [3.8, 4) is 11.5 Å². The van der Waals surface area contributed by atoms with Gasteiger partial charge in [0.15, 0.2) is 0 Å². The summed E-state index contributed by atoms with van der Waals surface area (Å²) in [4.78, 5) is 0. The van der Waals surface area contributed by atoms with Gasteiger partial charge in [0.05, 0.1) is 5.02 Å². The third kappa shape index (κ3) is 4.30. The Morgan fingerprint density at radius 3 is 1.67 bits per heavy atom. The molecule has 0 saturated heterocycles. The molecular weight excluding hydrogens is 248 g/mol. The minimum Gasteiger partial charge on any atom is -0.508 e. The lowest BCUT2D eigenvalue weighted by Gasteiger charge is -2.05. The molecular formula is C15H17ClO2. The average molecular weight is 265 g/mol. The van der Waals surface area contributed by atoms with Crippen LogP contribution in [0.5, 0.6) is 11.5 Å². The van der Waals surface area contributed by atoms with Gasteiger partial charge in [-0.1, -0.05) is 55.8 Å². The normalized spacial score (nSPS) is 9.78. The maximum atomic E-state index is 9.28. The van der Waals surface area contributed by atoms with Gasteiger partial charge in [-0.15, -0.1) is 0 Å². The lowest BCUT2D eigenvalue weighted by Crippen LogP contribution is -1.85. The van der Waals surface area contributed by atoms with Crippen molar-refractivity contribution in [2.24, 2.45) is 0 Å². The first-order chi connectivity index (χ1) is 8.52. The van der Waals surface area contributed by atoms with Crippen molar-refractivity contribution in [1.82, 2.24) is 0 Å². The van der Waals surface area contributed by atoms with E-state index in [1.807, 2.05) is 18.2 Å². The second-order valence-corrected chi connectivity index (χ2v) is 4.57. The molecule has 0 atom stereocenters. The van der Waals surface area contributed by atoms with Crippen LogP contribution in [0.3, 0.4) is 0 Å². The molecule has 0 heterocycles. The van der Waals surface area contributed by atoms with Crippen LogP contribution in [0, 0.1) is 0 Å². The quantitative estimate of drug-likeness (QED) is 0.793. The van der Waals surface area contributed by atoms with Crippen LogP contribution in [0.25, 0.3) is 0 Å². The molecule has 0 aliphatic heterocycles. The molecule has 18 heavy (non-hydrogen) atoms. The van der Waals surface area contributed by atoms with Crippen LogP contribution < -0.4 is 0 Å². The molecule has 0 aliphatic carbocycles. The van der Waals surface area contributed by atoms with E-state index < -0.39 is 0 Å². The second-order valence-electron chi connectivity index (χ2n) is 4.16. The van der Waals surface area contributed by atoms with Gasteiger partial charge in [0.25, 0.3) is 0 Å². The number of para-hydroxylation sites is 2. The lowest BCUT2D eigenvalue weighted by atomic mass is 10.0. The molecule has 3 heteroatoms. The van der Waals surface area contributed by atoms with E-state index in [1.165, 1.54) is 0 Å². The number of hydrogen-bond acceptors (Lipinski definition) is 2. The molecule has 2 N–H and O–H groups in total. The molecule has 0 aliphatic rings. The third-order valence-corrected chi connectivity index (χ3v) is 2.73. The van der Waals surface area contributed by atoms with Crippen molar-refractivity contribution in [2.75, 3.05) is 0 Å². The lowest BCUT2D eigenvalue weighted by molar-refractivity contribution is 0.465. The summed E-state index contributed by atoms with van der Waals surface area (Å²) < 4.78 is 0. The number of phenols is 2. The molecule has 0 spiro atoms. The number of benzene rings is 2. The molecule has 2 nitrogen and oxygen atoms in total. The molecule has 96 valence electrons. The van der Waals surface area contributed by atoms with E-state index in [2.05, 4.69) is 13.8 Å². The van der Waals surface area contributed by atoms with Crippen molar-refractivity contribution in [3.05, 3.63) is 59.1 Å². The predicted molar refractivity (Wildman–Crippen MR) is 75.3 cm³/mol. The smallest absolute Gasteiger partial charge is 0.134 e. The standard InChI is InChI=1S/C9H12O.C6H5ClO/c1-7(2)8-5-3-4-6-9(8)10;7-5-3-1-2-4-6(5)8/h3-7,10H,1-2H3;1-4,8H. The van der Waals surface area contributed by atoms with Gasteiger partial charge in [0, 0.05) is 0 Å². The van der Waals surface area contributed by atoms with E-state index in [0.29, 0.717) is 16.7 Å². The van der Waals surface area contributed by atoms with Crippen LogP contribution in [-0.4, -0.2) is 10.2 Å². The Bertz CT molecular complexity index is 474. The predicted octanol–water partition coefficient (Wildman–Crippen LogP) is 4.56. The van der Waals surface area contributed by atoms with Crippen molar-refractivity contribution < 1.29 is 10.2 Å². The minimum absolute atomic E-state index is 0.133. The Hall–Kier alpha value is -1.67. The van der Waals surface area contributed by atoms with Crippen LogP contribution in [0.4, 0.5) is 0 Å². The molecule has 0 amide bonds. The Morgan fingerprint density at radius 1 is 0.833 bits per heavy atom. The number of phenolic OH excluding ortho intramolecular Hbond substituents is 2. The highest BCUT2D eigenvalue weighted by Gasteiger charge is 2.01. The van der Waals surface area contributed by atoms with Crippen molar-refractivity contribution in [1.29, 1.82) is 0 Å². The summed E-state index contributed by atoms with van der Waals surface area (Å²) in [6.07, 6.45) is 0. The highest BCUT2D eigenvalue weighted by Crippen LogP contribution is 2.23. The van der Waals surface area contributed by atoms with E-state index in [1.54, 1.807) is 30.3 Å². The van der Waals surface area contributed by atoms with Crippen LogP contribution in [0.2, 0.25) is 5.02 Å². The second kappa shape index (κ2) is 6.92.